The number of nitrogens with zero attached hydrogens (tertiary/aromatic N) is 2. The Morgan fingerprint density at radius 3 is 2.88 bits per heavy atom. The van der Waals surface area contributed by atoms with Gasteiger partial charge in [0.1, 0.15) is 0 Å². The summed E-state index contributed by atoms with van der Waals surface area (Å²) in [5.74, 6) is 0. The third-order valence-electron chi connectivity index (χ3n) is 2.78. The molecule has 0 saturated carbocycles. The van der Waals surface area contributed by atoms with Gasteiger partial charge < -0.3 is 10.6 Å². The smallest absolute Gasteiger partial charge is 0.185 e. The molecule has 0 fully saturated rings. The van der Waals surface area contributed by atoms with Gasteiger partial charge in [-0.2, -0.15) is 0 Å². The zero-order valence-corrected chi connectivity index (χ0v) is 11.7. The van der Waals surface area contributed by atoms with Gasteiger partial charge >= 0.3 is 0 Å². The first-order chi connectivity index (χ1) is 8.20. The van der Waals surface area contributed by atoms with Crippen LogP contribution in [0.5, 0.6) is 0 Å². The van der Waals surface area contributed by atoms with E-state index in [4.69, 9.17) is 5.73 Å². The third-order valence-corrected chi connectivity index (χ3v) is 4.79. The summed E-state index contributed by atoms with van der Waals surface area (Å²) < 4.78 is 0. The van der Waals surface area contributed by atoms with Crippen molar-refractivity contribution in [3.8, 4) is 0 Å². The van der Waals surface area contributed by atoms with Crippen LogP contribution >= 0.6 is 22.7 Å². The molecule has 0 amide bonds. The first kappa shape index (κ1) is 12.5. The number of nitrogens with two attached hydrogens (primary N) is 1. The summed E-state index contributed by atoms with van der Waals surface area (Å²) in [6, 6.07) is 4.73. The van der Waals surface area contributed by atoms with Crippen LogP contribution in [-0.2, 0) is 13.0 Å². The predicted molar refractivity (Wildman–Crippen MR) is 75.9 cm³/mol. The SMILES string of the molecule is CC(Cc1cccs1)N(C)c1ncc(CN)s1. The lowest BCUT2D eigenvalue weighted by Crippen LogP contribution is -2.30. The molecule has 0 bridgehead atoms. The Hall–Kier alpha value is -0.910. The molecule has 0 aromatic carbocycles. The second-order valence-corrected chi connectivity index (χ2v) is 6.18. The van der Waals surface area contributed by atoms with Gasteiger partial charge in [0.15, 0.2) is 5.13 Å². The average molecular weight is 267 g/mol. The number of hydrogen-bond donors (Lipinski definition) is 1. The van der Waals surface area contributed by atoms with Crippen molar-refractivity contribution >= 4 is 27.8 Å². The molecule has 0 aliphatic carbocycles. The molecule has 2 aromatic heterocycles. The van der Waals surface area contributed by atoms with Crippen molar-refractivity contribution in [3.05, 3.63) is 33.5 Å². The Morgan fingerprint density at radius 2 is 2.29 bits per heavy atom. The van der Waals surface area contributed by atoms with Gasteiger partial charge in [0.25, 0.3) is 0 Å². The fourth-order valence-electron chi connectivity index (χ4n) is 1.60. The molecular weight excluding hydrogens is 250 g/mol. The van der Waals surface area contributed by atoms with Crippen LogP contribution in [0.15, 0.2) is 23.7 Å². The first-order valence-electron chi connectivity index (χ1n) is 5.60. The second-order valence-electron chi connectivity index (χ2n) is 4.06. The highest BCUT2D eigenvalue weighted by Crippen LogP contribution is 2.24. The lowest BCUT2D eigenvalue weighted by Gasteiger charge is -2.23. The lowest BCUT2D eigenvalue weighted by atomic mass is 10.2. The summed E-state index contributed by atoms with van der Waals surface area (Å²) in [6.07, 6.45) is 2.93. The van der Waals surface area contributed by atoms with Crippen LogP contribution in [0.2, 0.25) is 0 Å². The van der Waals surface area contributed by atoms with Crippen molar-refractivity contribution in [2.24, 2.45) is 5.73 Å². The van der Waals surface area contributed by atoms with Gasteiger partial charge in [-0.15, -0.1) is 22.7 Å². The van der Waals surface area contributed by atoms with Crippen molar-refractivity contribution in [3.63, 3.8) is 0 Å². The van der Waals surface area contributed by atoms with Crippen LogP contribution in [0.3, 0.4) is 0 Å². The first-order valence-corrected chi connectivity index (χ1v) is 7.30. The standard InChI is InChI=1S/C12H17N3S2/c1-9(6-10-4-3-5-16-10)15(2)12-14-8-11(7-13)17-12/h3-5,8-9H,6-7,13H2,1-2H3. The molecule has 2 aromatic rings. The van der Waals surface area contributed by atoms with Crippen LogP contribution in [0.4, 0.5) is 5.13 Å². The normalized spacial score (nSPS) is 12.6. The average Bonchev–Trinajstić information content (AvgIpc) is 2.98. The molecule has 0 spiro atoms. The van der Waals surface area contributed by atoms with E-state index >= 15 is 0 Å². The predicted octanol–water partition coefficient (Wildman–Crippen LogP) is 2.73. The highest BCUT2D eigenvalue weighted by Gasteiger charge is 2.14. The monoisotopic (exact) mass is 267 g/mol. The van der Waals surface area contributed by atoms with Gasteiger partial charge in [-0.3, -0.25) is 0 Å². The quantitative estimate of drug-likeness (QED) is 0.905. The maximum atomic E-state index is 5.60. The highest BCUT2D eigenvalue weighted by molar-refractivity contribution is 7.15. The minimum atomic E-state index is 0.449. The number of rotatable bonds is 5. The Morgan fingerprint density at radius 1 is 1.47 bits per heavy atom. The molecule has 1 atom stereocenters. The molecule has 2 rings (SSSR count). The van der Waals surface area contributed by atoms with Crippen LogP contribution in [-0.4, -0.2) is 18.1 Å². The number of anilines is 1. The molecule has 0 aliphatic rings. The van der Waals surface area contributed by atoms with Crippen molar-refractivity contribution in [1.82, 2.24) is 4.98 Å². The summed E-state index contributed by atoms with van der Waals surface area (Å²) in [7, 11) is 2.09. The highest BCUT2D eigenvalue weighted by atomic mass is 32.1. The number of thiazole rings is 1. The summed E-state index contributed by atoms with van der Waals surface area (Å²) in [6.45, 7) is 2.80. The molecule has 92 valence electrons. The van der Waals surface area contributed by atoms with Gasteiger partial charge in [-0.25, -0.2) is 4.98 Å². The van der Waals surface area contributed by atoms with E-state index < -0.39 is 0 Å². The van der Waals surface area contributed by atoms with E-state index in [-0.39, 0.29) is 0 Å². The zero-order chi connectivity index (χ0) is 12.3. The largest absolute Gasteiger partial charge is 0.348 e. The molecule has 0 radical (unpaired) electrons. The Bertz CT molecular complexity index is 450. The van der Waals surface area contributed by atoms with E-state index in [2.05, 4.69) is 41.4 Å². The van der Waals surface area contributed by atoms with Crippen molar-refractivity contribution in [2.75, 3.05) is 11.9 Å². The molecular formula is C12H17N3S2. The Kier molecular flexibility index (Phi) is 4.15. The van der Waals surface area contributed by atoms with Crippen LogP contribution < -0.4 is 10.6 Å². The van der Waals surface area contributed by atoms with Gasteiger partial charge in [0.05, 0.1) is 0 Å². The van der Waals surface area contributed by atoms with E-state index in [1.54, 1.807) is 11.3 Å². The van der Waals surface area contributed by atoms with Gasteiger partial charge in [-0.05, 0) is 18.4 Å². The third kappa shape index (κ3) is 3.06. The molecule has 5 heteroatoms. The maximum Gasteiger partial charge on any atom is 0.185 e. The molecule has 1 unspecified atom stereocenters. The van der Waals surface area contributed by atoms with Crippen LogP contribution in [0.1, 0.15) is 16.7 Å². The van der Waals surface area contributed by atoms with E-state index in [1.165, 1.54) is 4.88 Å². The fourth-order valence-corrected chi connectivity index (χ4v) is 3.28. The Labute approximate surface area is 110 Å². The fraction of sp³-hybridized carbons (Fsp3) is 0.417. The summed E-state index contributed by atoms with van der Waals surface area (Å²) in [4.78, 5) is 9.18. The minimum Gasteiger partial charge on any atom is -0.348 e. The maximum absolute atomic E-state index is 5.60. The van der Waals surface area contributed by atoms with E-state index in [1.807, 2.05) is 17.5 Å². The topological polar surface area (TPSA) is 42.2 Å². The van der Waals surface area contributed by atoms with E-state index in [0.29, 0.717) is 12.6 Å². The molecule has 2 heterocycles. The van der Waals surface area contributed by atoms with E-state index in [9.17, 15) is 0 Å². The van der Waals surface area contributed by atoms with Crippen molar-refractivity contribution < 1.29 is 0 Å². The molecule has 2 N–H and O–H groups in total. The number of likely N-dealkylation sites (N-methyl/N-ethyl adjacent to an activating group) is 1. The van der Waals surface area contributed by atoms with Gasteiger partial charge in [0, 0.05) is 42.0 Å². The zero-order valence-electron chi connectivity index (χ0n) is 10.1. The number of thiophene rings is 1. The Balaban J connectivity index is 2.01. The summed E-state index contributed by atoms with van der Waals surface area (Å²) >= 11 is 3.49. The number of hydrogen-bond acceptors (Lipinski definition) is 5. The second kappa shape index (κ2) is 5.62. The van der Waals surface area contributed by atoms with Gasteiger partial charge in [-0.1, -0.05) is 6.07 Å². The number of aromatic nitrogens is 1. The molecule has 0 aliphatic heterocycles. The van der Waals surface area contributed by atoms with Crippen molar-refractivity contribution in [1.29, 1.82) is 0 Å². The van der Waals surface area contributed by atoms with Crippen LogP contribution in [0, 0.1) is 0 Å². The summed E-state index contributed by atoms with van der Waals surface area (Å²) in [5.41, 5.74) is 5.60. The molecule has 17 heavy (non-hydrogen) atoms. The molecule has 3 nitrogen and oxygen atoms in total. The van der Waals surface area contributed by atoms with Crippen LogP contribution in [0.25, 0.3) is 0 Å². The molecule has 0 saturated heterocycles. The summed E-state index contributed by atoms with van der Waals surface area (Å²) in [5, 5.41) is 3.17. The lowest BCUT2D eigenvalue weighted by molar-refractivity contribution is 0.686. The van der Waals surface area contributed by atoms with Crippen molar-refractivity contribution in [2.45, 2.75) is 25.9 Å². The van der Waals surface area contributed by atoms with Gasteiger partial charge in [0.2, 0.25) is 0 Å². The minimum absolute atomic E-state index is 0.449. The van der Waals surface area contributed by atoms with E-state index in [0.717, 1.165) is 16.4 Å².